The summed E-state index contributed by atoms with van der Waals surface area (Å²) in [5.74, 6) is 1.85. The van der Waals surface area contributed by atoms with Crippen LogP contribution in [0.4, 0.5) is 5.82 Å². The van der Waals surface area contributed by atoms with Gasteiger partial charge >= 0.3 is 5.65 Å². The topological polar surface area (TPSA) is 104 Å². The minimum atomic E-state index is -0.0494. The molecule has 0 atom stereocenters. The third kappa shape index (κ3) is 5.82. The van der Waals surface area contributed by atoms with Crippen molar-refractivity contribution < 1.29 is 14.2 Å². The highest BCUT2D eigenvalue weighted by Gasteiger charge is 2.23. The Bertz CT molecular complexity index is 1320. The highest BCUT2D eigenvalue weighted by atomic mass is 16.5. The molecule has 0 saturated heterocycles. The number of ether oxygens (including phenoxy) is 1. The molecule has 1 amide bonds. The molecule has 2 aromatic carbocycles. The average Bonchev–Trinajstić information content (AvgIpc) is 3.23. The maximum Gasteiger partial charge on any atom is 0.356 e. The van der Waals surface area contributed by atoms with E-state index in [1.807, 2.05) is 84.4 Å². The van der Waals surface area contributed by atoms with Gasteiger partial charge in [-0.25, -0.2) is 5.10 Å². The smallest absolute Gasteiger partial charge is 0.356 e. The fraction of sp³-hybridized carbons (Fsp3) is 0.231. The number of nitrogens with one attached hydrogen (secondary N) is 1. The number of amides is 1. The number of nitrogen functional groups attached to an aromatic ring is 1. The van der Waals surface area contributed by atoms with Crippen LogP contribution >= 0.6 is 0 Å². The Hall–Kier alpha value is -4.24. The van der Waals surface area contributed by atoms with Gasteiger partial charge in [0.15, 0.2) is 0 Å². The second-order valence-electron chi connectivity index (χ2n) is 8.46. The van der Waals surface area contributed by atoms with Gasteiger partial charge in [-0.3, -0.25) is 4.79 Å². The zero-order chi connectivity index (χ0) is 24.8. The van der Waals surface area contributed by atoms with E-state index in [9.17, 15) is 4.79 Å². The van der Waals surface area contributed by atoms with Crippen LogP contribution in [0, 0.1) is 0 Å². The van der Waals surface area contributed by atoms with Gasteiger partial charge in [-0.15, -0.1) is 0 Å². The zero-order valence-corrected chi connectivity index (χ0v) is 20.2. The number of carbonyl (C=O) groups excluding carboxylic acids is 1. The summed E-state index contributed by atoms with van der Waals surface area (Å²) in [5, 5.41) is 4.14. The van der Waals surface area contributed by atoms with Crippen molar-refractivity contribution in [3.8, 4) is 22.8 Å². The Morgan fingerprint density at radius 1 is 1.06 bits per heavy atom. The van der Waals surface area contributed by atoms with Crippen molar-refractivity contribution in [2.24, 2.45) is 0 Å². The molecule has 0 fully saturated rings. The minimum absolute atomic E-state index is 0.0494. The number of fused-ring (bicyclic) bond motifs is 1. The molecule has 9 nitrogen and oxygen atoms in total. The maximum atomic E-state index is 12.4. The van der Waals surface area contributed by atoms with Crippen LogP contribution in [0.1, 0.15) is 0 Å². The van der Waals surface area contributed by atoms with Crippen LogP contribution in [0.25, 0.3) is 22.3 Å². The lowest BCUT2D eigenvalue weighted by Gasteiger charge is -2.13. The second-order valence-corrected chi connectivity index (χ2v) is 8.46. The molecule has 0 aliphatic rings. The molecule has 0 bridgehead atoms. The Kier molecular flexibility index (Phi) is 7.37. The summed E-state index contributed by atoms with van der Waals surface area (Å²) < 4.78 is 7.80. The summed E-state index contributed by atoms with van der Waals surface area (Å²) in [6, 6.07) is 17.4. The van der Waals surface area contributed by atoms with Gasteiger partial charge in [-0.2, -0.15) is 9.67 Å². The van der Waals surface area contributed by atoms with E-state index < -0.39 is 0 Å². The SMILES string of the molecule is CN(C)C/C=C/C(=O)N(C)CC[n+]1[nH]c(-c2ccc(Oc3ccccc3)cc2)c2c(N)ncnc21. The number of aromatic nitrogens is 4. The molecule has 4 aromatic rings. The van der Waals surface area contributed by atoms with Gasteiger partial charge in [0, 0.05) is 25.2 Å². The molecule has 3 N–H and O–H groups in total. The fourth-order valence-corrected chi connectivity index (χ4v) is 3.61. The molecule has 0 unspecified atom stereocenters. The molecule has 0 saturated carbocycles. The first-order chi connectivity index (χ1) is 16.9. The van der Waals surface area contributed by atoms with Gasteiger partial charge in [-0.1, -0.05) is 24.3 Å². The van der Waals surface area contributed by atoms with Crippen molar-refractivity contribution in [1.29, 1.82) is 0 Å². The monoisotopic (exact) mass is 472 g/mol. The first kappa shape index (κ1) is 23.9. The van der Waals surface area contributed by atoms with Crippen molar-refractivity contribution in [3.05, 3.63) is 73.1 Å². The van der Waals surface area contributed by atoms with Crippen molar-refractivity contribution >= 4 is 22.8 Å². The number of aromatic amines is 1. The lowest BCUT2D eigenvalue weighted by atomic mass is 10.1. The van der Waals surface area contributed by atoms with Crippen LogP contribution in [-0.4, -0.2) is 65.0 Å². The fourth-order valence-electron chi connectivity index (χ4n) is 3.61. The molecule has 35 heavy (non-hydrogen) atoms. The molecule has 4 rings (SSSR count). The van der Waals surface area contributed by atoms with E-state index in [0.29, 0.717) is 31.1 Å². The summed E-state index contributed by atoms with van der Waals surface area (Å²) in [5.41, 5.74) is 8.65. The molecule has 0 radical (unpaired) electrons. The molecule has 2 aromatic heterocycles. The van der Waals surface area contributed by atoms with Crippen molar-refractivity contribution in [1.82, 2.24) is 24.9 Å². The Labute approximate surface area is 204 Å². The van der Waals surface area contributed by atoms with Gasteiger partial charge in [0.05, 0.1) is 6.54 Å². The van der Waals surface area contributed by atoms with Crippen LogP contribution in [-0.2, 0) is 11.3 Å². The van der Waals surface area contributed by atoms with Crippen LogP contribution in [0.3, 0.4) is 0 Å². The van der Waals surface area contributed by atoms with E-state index >= 15 is 0 Å². The quantitative estimate of drug-likeness (QED) is 0.287. The number of hydrogen-bond acceptors (Lipinski definition) is 6. The summed E-state index contributed by atoms with van der Waals surface area (Å²) in [6.45, 7) is 1.73. The molecule has 0 aliphatic carbocycles. The molecule has 0 spiro atoms. The molecule has 0 aliphatic heterocycles. The Balaban J connectivity index is 1.54. The normalized spacial score (nSPS) is 11.4. The second kappa shape index (κ2) is 10.8. The van der Waals surface area contributed by atoms with Crippen LogP contribution in [0.2, 0.25) is 0 Å². The number of nitrogens with two attached hydrogens (primary N) is 1. The number of hydrogen-bond donors (Lipinski definition) is 2. The van der Waals surface area contributed by atoms with Gasteiger partial charge in [0.2, 0.25) is 12.2 Å². The number of rotatable bonds is 9. The molecule has 9 heteroatoms. The van der Waals surface area contributed by atoms with Crippen molar-refractivity contribution in [2.75, 3.05) is 40.0 Å². The van der Waals surface area contributed by atoms with Gasteiger partial charge < -0.3 is 20.3 Å². The van der Waals surface area contributed by atoms with E-state index in [1.165, 1.54) is 6.33 Å². The van der Waals surface area contributed by atoms with E-state index in [-0.39, 0.29) is 5.91 Å². The third-order valence-electron chi connectivity index (χ3n) is 5.50. The highest BCUT2D eigenvalue weighted by molar-refractivity contribution is 5.96. The number of H-pyrrole nitrogens is 1. The summed E-state index contributed by atoms with van der Waals surface area (Å²) in [6.07, 6.45) is 4.90. The number of carbonyl (C=O) groups is 1. The summed E-state index contributed by atoms with van der Waals surface area (Å²) in [7, 11) is 5.70. The van der Waals surface area contributed by atoms with E-state index in [2.05, 4.69) is 15.1 Å². The van der Waals surface area contributed by atoms with Gasteiger partial charge in [0.25, 0.3) is 0 Å². The number of benzene rings is 2. The van der Waals surface area contributed by atoms with Gasteiger partial charge in [-0.05, 0) is 55.5 Å². The number of likely N-dealkylation sites (N-methyl/N-ethyl adjacent to an activating group) is 2. The lowest BCUT2D eigenvalue weighted by molar-refractivity contribution is -0.726. The summed E-state index contributed by atoms with van der Waals surface area (Å²) >= 11 is 0. The van der Waals surface area contributed by atoms with E-state index in [1.54, 1.807) is 18.0 Å². The number of anilines is 1. The first-order valence-corrected chi connectivity index (χ1v) is 11.3. The van der Waals surface area contributed by atoms with E-state index in [4.69, 9.17) is 10.5 Å². The Morgan fingerprint density at radius 3 is 2.49 bits per heavy atom. The molecule has 2 heterocycles. The molecular weight excluding hydrogens is 442 g/mol. The van der Waals surface area contributed by atoms with Crippen LogP contribution < -0.4 is 15.2 Å². The molecule has 180 valence electrons. The van der Waals surface area contributed by atoms with E-state index in [0.717, 1.165) is 28.1 Å². The largest absolute Gasteiger partial charge is 0.457 e. The Morgan fingerprint density at radius 2 is 1.77 bits per heavy atom. The average molecular weight is 473 g/mol. The first-order valence-electron chi connectivity index (χ1n) is 11.3. The van der Waals surface area contributed by atoms with Crippen LogP contribution in [0.5, 0.6) is 11.5 Å². The summed E-state index contributed by atoms with van der Waals surface area (Å²) in [4.78, 5) is 24.7. The van der Waals surface area contributed by atoms with Crippen LogP contribution in [0.15, 0.2) is 73.1 Å². The highest BCUT2D eigenvalue weighted by Crippen LogP contribution is 2.30. The lowest BCUT2D eigenvalue weighted by Crippen LogP contribution is -2.43. The maximum absolute atomic E-state index is 12.4. The predicted octanol–water partition coefficient (Wildman–Crippen LogP) is 2.86. The number of para-hydroxylation sites is 1. The molecular formula is C26H30N7O2+. The van der Waals surface area contributed by atoms with Crippen molar-refractivity contribution in [2.45, 2.75) is 6.54 Å². The van der Waals surface area contributed by atoms with Gasteiger partial charge in [0.1, 0.15) is 34.9 Å². The minimum Gasteiger partial charge on any atom is -0.457 e. The zero-order valence-electron chi connectivity index (χ0n) is 20.2. The standard InChI is InChI=1S/C26H29N7O2/c1-31(2)15-7-10-22(34)32(3)16-17-33-26-23(25(27)28-18-29-26)24(30-33)19-11-13-21(14-12-19)35-20-8-5-4-6-9-20/h4-14,18H,15-17H2,1-3H3,(H2,27,28,29,30)/p+1/b10-7+. The number of nitrogens with zero attached hydrogens (tertiary/aromatic N) is 5. The van der Waals surface area contributed by atoms with Crippen molar-refractivity contribution in [3.63, 3.8) is 0 Å². The predicted molar refractivity (Wildman–Crippen MR) is 136 cm³/mol. The third-order valence-corrected chi connectivity index (χ3v) is 5.50.